The third-order valence-corrected chi connectivity index (χ3v) is 5.25. The second-order valence-electron chi connectivity index (χ2n) is 6.12. The van der Waals surface area contributed by atoms with Crippen LogP contribution in [-0.4, -0.2) is 31.2 Å². The largest absolute Gasteiger partial charge is 0.360 e. The van der Waals surface area contributed by atoms with Gasteiger partial charge in [0.25, 0.3) is 0 Å². The van der Waals surface area contributed by atoms with E-state index < -0.39 is 0 Å². The Morgan fingerprint density at radius 3 is 2.83 bits per heavy atom. The molecule has 2 aromatic rings. The van der Waals surface area contributed by atoms with Crippen LogP contribution in [0.2, 0.25) is 0 Å². The lowest BCUT2D eigenvalue weighted by Crippen LogP contribution is -2.24. The van der Waals surface area contributed by atoms with E-state index in [4.69, 9.17) is 10.4 Å². The monoisotopic (exact) mass is 350 g/mol. The van der Waals surface area contributed by atoms with Crippen molar-refractivity contribution in [2.75, 3.05) is 11.2 Å². The predicted octanol–water partition coefficient (Wildman–Crippen LogP) is 2.46. The molecule has 1 atom stereocenters. The Labute approximate surface area is 144 Å². The van der Waals surface area contributed by atoms with E-state index in [2.05, 4.69) is 20.7 Å². The summed E-state index contributed by atoms with van der Waals surface area (Å²) in [5.74, 6) is 8.20. The number of hydrogen-bond acceptors (Lipinski definition) is 7. The first-order valence-corrected chi connectivity index (χ1v) is 9.04. The zero-order chi connectivity index (χ0) is 17.1. The van der Waals surface area contributed by atoms with Crippen molar-refractivity contribution in [3.05, 3.63) is 17.7 Å². The van der Waals surface area contributed by atoms with Crippen LogP contribution in [-0.2, 0) is 4.79 Å². The summed E-state index contributed by atoms with van der Waals surface area (Å²) in [6.45, 7) is 3.56. The van der Waals surface area contributed by atoms with E-state index in [-0.39, 0.29) is 11.2 Å². The summed E-state index contributed by atoms with van der Waals surface area (Å²) >= 11 is 1.28. The predicted molar refractivity (Wildman–Crippen MR) is 91.2 cm³/mol. The number of carbonyl (C=O) groups excluding carboxylic acids is 1. The maximum absolute atomic E-state index is 12.2. The molecule has 0 unspecified atom stereocenters. The first-order valence-electron chi connectivity index (χ1n) is 8.16. The summed E-state index contributed by atoms with van der Waals surface area (Å²) in [6, 6.07) is 1.67. The van der Waals surface area contributed by atoms with Gasteiger partial charge in [-0.2, -0.15) is 0 Å². The molecule has 9 heteroatoms. The fraction of sp³-hybridized carbons (Fsp3) is 0.600. The molecule has 1 aliphatic rings. The van der Waals surface area contributed by atoms with E-state index in [0.29, 0.717) is 22.7 Å². The molecular weight excluding hydrogens is 328 g/mol. The van der Waals surface area contributed by atoms with Gasteiger partial charge in [-0.05, 0) is 26.7 Å². The number of amides is 1. The molecule has 2 heterocycles. The molecule has 0 saturated heterocycles. The van der Waals surface area contributed by atoms with Crippen molar-refractivity contribution < 1.29 is 9.32 Å². The molecule has 3 N–H and O–H groups in total. The van der Waals surface area contributed by atoms with Crippen LogP contribution in [0.15, 0.2) is 15.7 Å². The molecule has 0 radical (unpaired) electrons. The number of rotatable bonds is 5. The second-order valence-corrected chi connectivity index (χ2v) is 7.43. The molecule has 1 aliphatic carbocycles. The third kappa shape index (κ3) is 3.72. The average Bonchev–Trinajstić information content (AvgIpc) is 3.14. The summed E-state index contributed by atoms with van der Waals surface area (Å²) in [5.41, 5.74) is 0. The lowest BCUT2D eigenvalue weighted by molar-refractivity contribution is -0.115. The number of carbonyl (C=O) groups is 1. The van der Waals surface area contributed by atoms with Gasteiger partial charge >= 0.3 is 0 Å². The summed E-state index contributed by atoms with van der Waals surface area (Å²) in [5, 5.41) is 15.0. The molecule has 8 nitrogen and oxygen atoms in total. The second kappa shape index (κ2) is 7.25. The smallest absolute Gasteiger partial charge is 0.238 e. The highest BCUT2D eigenvalue weighted by atomic mass is 32.2. The molecule has 0 bridgehead atoms. The maximum Gasteiger partial charge on any atom is 0.238 e. The van der Waals surface area contributed by atoms with Gasteiger partial charge < -0.3 is 15.7 Å². The number of anilines is 1. The molecule has 0 spiro atoms. The van der Waals surface area contributed by atoms with Gasteiger partial charge in [0.1, 0.15) is 5.76 Å². The zero-order valence-electron chi connectivity index (χ0n) is 13.9. The Bertz CT molecular complexity index is 707. The molecule has 130 valence electrons. The number of nitrogens with zero attached hydrogens (tertiary/aromatic N) is 4. The quantitative estimate of drug-likeness (QED) is 0.629. The normalized spacial score (nSPS) is 16.9. The number of aryl methyl sites for hydroxylation is 1. The van der Waals surface area contributed by atoms with Gasteiger partial charge in [0, 0.05) is 12.0 Å². The molecule has 2 aromatic heterocycles. The van der Waals surface area contributed by atoms with Crippen LogP contribution in [0.4, 0.5) is 5.82 Å². The fourth-order valence-corrected chi connectivity index (χ4v) is 3.65. The number of aromatic nitrogens is 4. The third-order valence-electron chi connectivity index (χ3n) is 4.19. The molecule has 3 rings (SSSR count). The van der Waals surface area contributed by atoms with Crippen molar-refractivity contribution >= 4 is 23.5 Å². The first-order chi connectivity index (χ1) is 11.5. The molecule has 24 heavy (non-hydrogen) atoms. The molecule has 1 saturated carbocycles. The number of hydrogen-bond donors (Lipinski definition) is 2. The highest BCUT2D eigenvalue weighted by Gasteiger charge is 2.25. The fourth-order valence-electron chi connectivity index (χ4n) is 2.87. The number of thioether (sulfide) groups is 1. The standard InChI is InChI=1S/C15H22N6O2S/c1-9-8-12(20-23-9)17-14(22)10(2)24-15-19-18-13(21(15)16)11-6-4-3-5-7-11/h8,10-11H,3-7,16H2,1-2H3,(H,17,20,22)/t10-/m0/s1. The minimum atomic E-state index is -0.382. The Morgan fingerprint density at radius 1 is 1.42 bits per heavy atom. The highest BCUT2D eigenvalue weighted by Crippen LogP contribution is 2.32. The van der Waals surface area contributed by atoms with Gasteiger partial charge in [-0.3, -0.25) is 4.79 Å². The summed E-state index contributed by atoms with van der Waals surface area (Å²) < 4.78 is 6.47. The van der Waals surface area contributed by atoms with Gasteiger partial charge in [0.15, 0.2) is 11.6 Å². The number of nitrogen functional groups attached to an aromatic ring is 1. The minimum absolute atomic E-state index is 0.185. The Morgan fingerprint density at radius 2 is 2.17 bits per heavy atom. The van der Waals surface area contributed by atoms with Crippen LogP contribution in [0.3, 0.4) is 0 Å². The first kappa shape index (κ1) is 16.8. The van der Waals surface area contributed by atoms with Crippen LogP contribution >= 0.6 is 11.8 Å². The molecule has 1 amide bonds. The van der Waals surface area contributed by atoms with E-state index in [1.165, 1.54) is 35.7 Å². The molecule has 1 fully saturated rings. The van der Waals surface area contributed by atoms with E-state index >= 15 is 0 Å². The average molecular weight is 350 g/mol. The van der Waals surface area contributed by atoms with E-state index in [1.54, 1.807) is 19.9 Å². The van der Waals surface area contributed by atoms with Crippen LogP contribution in [0.1, 0.15) is 56.5 Å². The van der Waals surface area contributed by atoms with Crippen molar-refractivity contribution in [3.8, 4) is 0 Å². The summed E-state index contributed by atoms with van der Waals surface area (Å²) in [7, 11) is 0. The Balaban J connectivity index is 1.62. The number of nitrogens with two attached hydrogens (primary N) is 1. The van der Waals surface area contributed by atoms with Gasteiger partial charge in [0.05, 0.1) is 5.25 Å². The van der Waals surface area contributed by atoms with E-state index in [1.807, 2.05) is 0 Å². The Hall–Kier alpha value is -2.03. The lowest BCUT2D eigenvalue weighted by atomic mass is 9.89. The van der Waals surface area contributed by atoms with Crippen molar-refractivity contribution in [2.24, 2.45) is 0 Å². The molecular formula is C15H22N6O2S. The van der Waals surface area contributed by atoms with Crippen molar-refractivity contribution in [1.82, 2.24) is 20.0 Å². The van der Waals surface area contributed by atoms with Gasteiger partial charge in [-0.1, -0.05) is 36.2 Å². The van der Waals surface area contributed by atoms with Crippen LogP contribution in [0.5, 0.6) is 0 Å². The van der Waals surface area contributed by atoms with E-state index in [0.717, 1.165) is 18.7 Å². The molecule has 0 aliphatic heterocycles. The van der Waals surface area contributed by atoms with Crippen LogP contribution in [0, 0.1) is 6.92 Å². The highest BCUT2D eigenvalue weighted by molar-refractivity contribution is 8.00. The zero-order valence-corrected chi connectivity index (χ0v) is 14.7. The van der Waals surface area contributed by atoms with Gasteiger partial charge in [-0.15, -0.1) is 10.2 Å². The molecule has 0 aromatic carbocycles. The topological polar surface area (TPSA) is 112 Å². The summed E-state index contributed by atoms with van der Waals surface area (Å²) in [6.07, 6.45) is 5.88. The maximum atomic E-state index is 12.2. The lowest BCUT2D eigenvalue weighted by Gasteiger charge is -2.20. The van der Waals surface area contributed by atoms with E-state index in [9.17, 15) is 4.79 Å². The Kier molecular flexibility index (Phi) is 5.08. The van der Waals surface area contributed by atoms with Gasteiger partial charge in [-0.25, -0.2) is 4.68 Å². The van der Waals surface area contributed by atoms with Crippen molar-refractivity contribution in [3.63, 3.8) is 0 Å². The SMILES string of the molecule is Cc1cc(NC(=O)[C@H](C)Sc2nnc(C3CCCCC3)n2N)no1. The summed E-state index contributed by atoms with van der Waals surface area (Å²) in [4.78, 5) is 12.2. The van der Waals surface area contributed by atoms with Crippen molar-refractivity contribution in [1.29, 1.82) is 0 Å². The van der Waals surface area contributed by atoms with Crippen molar-refractivity contribution in [2.45, 2.75) is 62.3 Å². The van der Waals surface area contributed by atoms with Crippen LogP contribution in [0.25, 0.3) is 0 Å². The van der Waals surface area contributed by atoms with Crippen LogP contribution < -0.4 is 11.2 Å². The van der Waals surface area contributed by atoms with Gasteiger partial charge in [0.2, 0.25) is 11.1 Å². The minimum Gasteiger partial charge on any atom is -0.360 e. The number of nitrogens with one attached hydrogen (secondary N) is 1.